The molecule has 0 fully saturated rings. The van der Waals surface area contributed by atoms with Crippen molar-refractivity contribution in [1.82, 2.24) is 4.98 Å². The summed E-state index contributed by atoms with van der Waals surface area (Å²) in [6.45, 7) is 2.01. The van der Waals surface area contributed by atoms with E-state index in [0.717, 1.165) is 22.2 Å². The molecule has 1 N–H and O–H groups in total. The number of methoxy groups -OCH3 is 1. The molecule has 4 rings (SSSR count). The number of anilines is 1. The summed E-state index contributed by atoms with van der Waals surface area (Å²) in [7, 11) is 1.54. The van der Waals surface area contributed by atoms with Crippen LogP contribution in [-0.4, -0.2) is 18.0 Å². The number of rotatable bonds is 4. The molecule has 3 aromatic carbocycles. The summed E-state index contributed by atoms with van der Waals surface area (Å²) >= 11 is 0. The van der Waals surface area contributed by atoms with Crippen molar-refractivity contribution < 1.29 is 13.9 Å². The third-order valence-electron chi connectivity index (χ3n) is 4.29. The van der Waals surface area contributed by atoms with Gasteiger partial charge in [-0.2, -0.15) is 0 Å². The van der Waals surface area contributed by atoms with Crippen LogP contribution in [0.3, 0.4) is 0 Å². The molecule has 0 aliphatic rings. The molecule has 1 aromatic heterocycles. The van der Waals surface area contributed by atoms with Crippen LogP contribution in [0.1, 0.15) is 15.9 Å². The lowest BCUT2D eigenvalue weighted by Gasteiger charge is -2.09. The standard InChI is InChI=1S/C22H18N2O3/c1-14-7-12-18-20(13-14)27-22(24-18)15-8-10-16(11-9-15)23-21(25)17-5-3-4-6-19(17)26-2/h3-13H,1-2H3,(H,23,25). The fraction of sp³-hybridized carbons (Fsp3) is 0.0909. The maximum absolute atomic E-state index is 12.5. The first-order valence-electron chi connectivity index (χ1n) is 8.56. The number of oxazole rings is 1. The lowest BCUT2D eigenvalue weighted by Crippen LogP contribution is -2.12. The molecule has 0 atom stereocenters. The van der Waals surface area contributed by atoms with Gasteiger partial charge in [0.05, 0.1) is 12.7 Å². The Morgan fingerprint density at radius 3 is 2.59 bits per heavy atom. The molecule has 0 aliphatic heterocycles. The Balaban J connectivity index is 1.55. The molecule has 1 heterocycles. The summed E-state index contributed by atoms with van der Waals surface area (Å²) in [4.78, 5) is 17.0. The molecule has 0 bridgehead atoms. The van der Waals surface area contributed by atoms with Crippen LogP contribution in [0, 0.1) is 6.92 Å². The number of ether oxygens (including phenoxy) is 1. The van der Waals surface area contributed by atoms with Crippen molar-refractivity contribution in [3.8, 4) is 17.2 Å². The van der Waals surface area contributed by atoms with E-state index in [1.54, 1.807) is 25.3 Å². The first-order chi connectivity index (χ1) is 13.1. The van der Waals surface area contributed by atoms with Crippen LogP contribution < -0.4 is 10.1 Å². The molecule has 1 amide bonds. The van der Waals surface area contributed by atoms with Gasteiger partial charge in [0.15, 0.2) is 5.58 Å². The molecule has 0 radical (unpaired) electrons. The van der Waals surface area contributed by atoms with Gasteiger partial charge in [0, 0.05) is 11.3 Å². The van der Waals surface area contributed by atoms with Gasteiger partial charge in [0.2, 0.25) is 5.89 Å². The fourth-order valence-electron chi connectivity index (χ4n) is 2.88. The normalized spacial score (nSPS) is 10.7. The van der Waals surface area contributed by atoms with Crippen LogP contribution in [0.5, 0.6) is 5.75 Å². The molecule has 0 saturated carbocycles. The van der Waals surface area contributed by atoms with E-state index in [9.17, 15) is 4.79 Å². The van der Waals surface area contributed by atoms with Crippen molar-refractivity contribution >= 4 is 22.7 Å². The fourth-order valence-corrected chi connectivity index (χ4v) is 2.88. The van der Waals surface area contributed by atoms with E-state index in [0.29, 0.717) is 22.9 Å². The number of aryl methyl sites for hydroxylation is 1. The number of benzene rings is 3. The Labute approximate surface area is 156 Å². The number of hydrogen-bond donors (Lipinski definition) is 1. The number of fused-ring (bicyclic) bond motifs is 1. The Kier molecular flexibility index (Phi) is 4.34. The molecular weight excluding hydrogens is 340 g/mol. The number of nitrogens with zero attached hydrogens (tertiary/aromatic N) is 1. The molecule has 27 heavy (non-hydrogen) atoms. The van der Waals surface area contributed by atoms with Crippen LogP contribution in [0.4, 0.5) is 5.69 Å². The Morgan fingerprint density at radius 1 is 1.04 bits per heavy atom. The highest BCUT2D eigenvalue weighted by Crippen LogP contribution is 2.26. The van der Waals surface area contributed by atoms with Gasteiger partial charge in [-0.1, -0.05) is 18.2 Å². The van der Waals surface area contributed by atoms with Gasteiger partial charge in [0.1, 0.15) is 11.3 Å². The highest BCUT2D eigenvalue weighted by molar-refractivity contribution is 6.06. The smallest absolute Gasteiger partial charge is 0.259 e. The summed E-state index contributed by atoms with van der Waals surface area (Å²) < 4.78 is 11.1. The van der Waals surface area contributed by atoms with Gasteiger partial charge < -0.3 is 14.5 Å². The van der Waals surface area contributed by atoms with Crippen molar-refractivity contribution in [3.05, 3.63) is 77.9 Å². The van der Waals surface area contributed by atoms with Crippen LogP contribution >= 0.6 is 0 Å². The van der Waals surface area contributed by atoms with E-state index < -0.39 is 0 Å². The van der Waals surface area contributed by atoms with Crippen LogP contribution in [0.2, 0.25) is 0 Å². The number of amides is 1. The van der Waals surface area contributed by atoms with E-state index in [4.69, 9.17) is 9.15 Å². The van der Waals surface area contributed by atoms with Crippen LogP contribution in [-0.2, 0) is 0 Å². The molecule has 134 valence electrons. The van der Waals surface area contributed by atoms with E-state index in [1.165, 1.54) is 0 Å². The first-order valence-corrected chi connectivity index (χ1v) is 8.56. The lowest BCUT2D eigenvalue weighted by atomic mass is 10.1. The van der Waals surface area contributed by atoms with Gasteiger partial charge in [-0.15, -0.1) is 0 Å². The van der Waals surface area contributed by atoms with Crippen molar-refractivity contribution in [2.75, 3.05) is 12.4 Å². The second kappa shape index (κ2) is 6.96. The number of aromatic nitrogens is 1. The zero-order valence-corrected chi connectivity index (χ0v) is 15.0. The number of carbonyl (C=O) groups is 1. The highest BCUT2D eigenvalue weighted by Gasteiger charge is 2.12. The van der Waals surface area contributed by atoms with Crippen molar-refractivity contribution in [2.45, 2.75) is 6.92 Å². The van der Waals surface area contributed by atoms with Gasteiger partial charge in [-0.05, 0) is 61.0 Å². The minimum atomic E-state index is -0.225. The number of para-hydroxylation sites is 1. The number of carbonyl (C=O) groups excluding carboxylic acids is 1. The minimum absolute atomic E-state index is 0.225. The summed E-state index contributed by atoms with van der Waals surface area (Å²) in [6, 6.07) is 20.4. The Bertz CT molecular complexity index is 1110. The van der Waals surface area contributed by atoms with Crippen LogP contribution in [0.25, 0.3) is 22.6 Å². The monoisotopic (exact) mass is 358 g/mol. The molecule has 4 aromatic rings. The second-order valence-electron chi connectivity index (χ2n) is 6.22. The Morgan fingerprint density at radius 2 is 1.81 bits per heavy atom. The highest BCUT2D eigenvalue weighted by atomic mass is 16.5. The Hall–Kier alpha value is -3.60. The first kappa shape index (κ1) is 16.8. The molecular formula is C22H18N2O3. The van der Waals surface area contributed by atoms with Crippen molar-refractivity contribution in [3.63, 3.8) is 0 Å². The average Bonchev–Trinajstić information content (AvgIpc) is 3.11. The lowest BCUT2D eigenvalue weighted by molar-refractivity contribution is 0.102. The van der Waals surface area contributed by atoms with Gasteiger partial charge in [0.25, 0.3) is 5.91 Å². The third-order valence-corrected chi connectivity index (χ3v) is 4.29. The van der Waals surface area contributed by atoms with Gasteiger partial charge in [-0.25, -0.2) is 4.98 Å². The van der Waals surface area contributed by atoms with E-state index >= 15 is 0 Å². The van der Waals surface area contributed by atoms with Gasteiger partial charge >= 0.3 is 0 Å². The molecule has 0 saturated heterocycles. The quantitative estimate of drug-likeness (QED) is 0.553. The molecule has 5 heteroatoms. The van der Waals surface area contributed by atoms with E-state index in [-0.39, 0.29) is 5.91 Å². The maximum Gasteiger partial charge on any atom is 0.259 e. The predicted octanol–water partition coefficient (Wildman–Crippen LogP) is 5.06. The maximum atomic E-state index is 12.5. The molecule has 5 nitrogen and oxygen atoms in total. The summed E-state index contributed by atoms with van der Waals surface area (Å²) in [6.07, 6.45) is 0. The molecule has 0 unspecified atom stereocenters. The zero-order valence-electron chi connectivity index (χ0n) is 15.0. The largest absolute Gasteiger partial charge is 0.496 e. The predicted molar refractivity (Wildman–Crippen MR) is 105 cm³/mol. The van der Waals surface area contributed by atoms with Crippen molar-refractivity contribution in [1.29, 1.82) is 0 Å². The van der Waals surface area contributed by atoms with E-state index in [2.05, 4.69) is 10.3 Å². The second-order valence-corrected chi connectivity index (χ2v) is 6.22. The average molecular weight is 358 g/mol. The number of hydrogen-bond acceptors (Lipinski definition) is 4. The van der Waals surface area contributed by atoms with Crippen LogP contribution in [0.15, 0.2) is 71.1 Å². The zero-order chi connectivity index (χ0) is 18.8. The SMILES string of the molecule is COc1ccccc1C(=O)Nc1ccc(-c2nc3ccc(C)cc3o2)cc1. The molecule has 0 aliphatic carbocycles. The number of nitrogens with one attached hydrogen (secondary N) is 1. The topological polar surface area (TPSA) is 64.4 Å². The summed E-state index contributed by atoms with van der Waals surface area (Å²) in [5, 5.41) is 2.88. The van der Waals surface area contributed by atoms with E-state index in [1.807, 2.05) is 55.5 Å². The molecule has 0 spiro atoms. The summed E-state index contributed by atoms with van der Waals surface area (Å²) in [5.74, 6) is 0.865. The minimum Gasteiger partial charge on any atom is -0.496 e. The van der Waals surface area contributed by atoms with Crippen molar-refractivity contribution in [2.24, 2.45) is 0 Å². The summed E-state index contributed by atoms with van der Waals surface area (Å²) in [5.41, 5.74) is 4.72. The van der Waals surface area contributed by atoms with Gasteiger partial charge in [-0.3, -0.25) is 4.79 Å². The third kappa shape index (κ3) is 3.40.